The van der Waals surface area contributed by atoms with Gasteiger partial charge in [0, 0.05) is 22.4 Å². The summed E-state index contributed by atoms with van der Waals surface area (Å²) in [6.07, 6.45) is 2.12. The smallest absolute Gasteiger partial charge is 0.0544 e. The van der Waals surface area contributed by atoms with Crippen LogP contribution in [0.15, 0.2) is 127 Å². The molecule has 1 nitrogen and oxygen atoms in total. The fourth-order valence-corrected chi connectivity index (χ4v) is 7.57. The van der Waals surface area contributed by atoms with E-state index in [1.165, 1.54) is 71.6 Å². The Morgan fingerprint density at radius 3 is 2.07 bits per heavy atom. The molecule has 0 aliphatic heterocycles. The van der Waals surface area contributed by atoms with Gasteiger partial charge in [-0.15, -0.1) is 0 Å². The van der Waals surface area contributed by atoms with Gasteiger partial charge in [-0.3, -0.25) is 0 Å². The lowest BCUT2D eigenvalue weighted by atomic mass is 9.81. The summed E-state index contributed by atoms with van der Waals surface area (Å²) in [7, 11) is 0. The standard InChI is InChI=1S/C41H35N/c1-41(2,3)36-25-22-27(29-15-7-10-18-32(29)36)21-23-33-30-16-8-9-17-31(30)34-24-26-38-40(39(33)34)35-19-11-12-20-37(35)42(38)28-13-5-4-6-14-28/h4-20,22,24-26,33H,21,23H2,1-3H3. The minimum absolute atomic E-state index is 0.111. The third kappa shape index (κ3) is 3.77. The predicted octanol–water partition coefficient (Wildman–Crippen LogP) is 11.0. The van der Waals surface area contributed by atoms with Crippen molar-refractivity contribution in [2.45, 2.75) is 44.9 Å². The average molecular weight is 542 g/mol. The first-order valence-electron chi connectivity index (χ1n) is 15.2. The van der Waals surface area contributed by atoms with Crippen LogP contribution in [0.5, 0.6) is 0 Å². The van der Waals surface area contributed by atoms with Crippen molar-refractivity contribution >= 4 is 32.6 Å². The van der Waals surface area contributed by atoms with Gasteiger partial charge in [-0.1, -0.05) is 124 Å². The van der Waals surface area contributed by atoms with E-state index in [-0.39, 0.29) is 5.41 Å². The Hall–Kier alpha value is -4.62. The van der Waals surface area contributed by atoms with Gasteiger partial charge in [0.25, 0.3) is 0 Å². The molecule has 1 heterocycles. The zero-order chi connectivity index (χ0) is 28.4. The molecular formula is C41H35N. The zero-order valence-corrected chi connectivity index (χ0v) is 24.6. The Bertz CT molecular complexity index is 2120. The number of nitrogens with zero attached hydrogens (tertiary/aromatic N) is 1. The van der Waals surface area contributed by atoms with E-state index in [0.29, 0.717) is 5.92 Å². The van der Waals surface area contributed by atoms with Crippen LogP contribution in [0.3, 0.4) is 0 Å². The molecule has 0 bridgehead atoms. The van der Waals surface area contributed by atoms with E-state index < -0.39 is 0 Å². The minimum Gasteiger partial charge on any atom is -0.309 e. The van der Waals surface area contributed by atoms with Crippen LogP contribution in [-0.2, 0) is 11.8 Å². The number of aryl methyl sites for hydroxylation is 1. The van der Waals surface area contributed by atoms with Crippen LogP contribution in [0, 0.1) is 0 Å². The Morgan fingerprint density at radius 2 is 1.26 bits per heavy atom. The minimum atomic E-state index is 0.111. The van der Waals surface area contributed by atoms with Gasteiger partial charge in [0.1, 0.15) is 0 Å². The summed E-state index contributed by atoms with van der Waals surface area (Å²) in [5, 5.41) is 5.53. The van der Waals surface area contributed by atoms with Gasteiger partial charge in [0.2, 0.25) is 0 Å². The number of benzene rings is 6. The van der Waals surface area contributed by atoms with Crippen LogP contribution in [0.1, 0.15) is 55.4 Å². The van der Waals surface area contributed by atoms with Gasteiger partial charge in [0.05, 0.1) is 11.0 Å². The van der Waals surface area contributed by atoms with Crippen molar-refractivity contribution in [1.29, 1.82) is 0 Å². The highest BCUT2D eigenvalue weighted by molar-refractivity contribution is 6.14. The Labute approximate surface area is 248 Å². The van der Waals surface area contributed by atoms with Crippen molar-refractivity contribution in [1.82, 2.24) is 4.57 Å². The Balaban J connectivity index is 1.31. The van der Waals surface area contributed by atoms with Crippen molar-refractivity contribution in [3.63, 3.8) is 0 Å². The van der Waals surface area contributed by atoms with E-state index in [1.54, 1.807) is 0 Å². The third-order valence-corrected chi connectivity index (χ3v) is 9.39. The van der Waals surface area contributed by atoms with Gasteiger partial charge in [-0.05, 0) is 86.7 Å². The van der Waals surface area contributed by atoms with Crippen LogP contribution in [0.25, 0.3) is 49.4 Å². The molecule has 8 rings (SSSR count). The molecule has 1 unspecified atom stereocenters. The zero-order valence-electron chi connectivity index (χ0n) is 24.6. The highest BCUT2D eigenvalue weighted by atomic mass is 15.0. The molecule has 42 heavy (non-hydrogen) atoms. The second kappa shape index (κ2) is 9.46. The lowest BCUT2D eigenvalue weighted by Crippen LogP contribution is -2.12. The van der Waals surface area contributed by atoms with Gasteiger partial charge >= 0.3 is 0 Å². The van der Waals surface area contributed by atoms with Crippen LogP contribution in [-0.4, -0.2) is 4.57 Å². The molecule has 1 aliphatic rings. The maximum atomic E-state index is 2.45. The lowest BCUT2D eigenvalue weighted by molar-refractivity contribution is 0.595. The normalized spacial score (nSPS) is 14.5. The lowest BCUT2D eigenvalue weighted by Gasteiger charge is -2.23. The molecule has 1 heteroatoms. The molecule has 0 amide bonds. The largest absolute Gasteiger partial charge is 0.309 e. The molecule has 0 fully saturated rings. The summed E-state index contributed by atoms with van der Waals surface area (Å²) in [6.45, 7) is 6.95. The second-order valence-electron chi connectivity index (χ2n) is 12.9. The first kappa shape index (κ1) is 25.1. The number of rotatable bonds is 4. The van der Waals surface area contributed by atoms with Crippen molar-refractivity contribution in [2.75, 3.05) is 0 Å². The quantitative estimate of drug-likeness (QED) is 0.209. The van der Waals surface area contributed by atoms with Gasteiger partial charge in [-0.25, -0.2) is 0 Å². The number of para-hydroxylation sites is 2. The predicted molar refractivity (Wildman–Crippen MR) is 179 cm³/mol. The van der Waals surface area contributed by atoms with Gasteiger partial charge < -0.3 is 4.57 Å². The van der Waals surface area contributed by atoms with E-state index in [4.69, 9.17) is 0 Å². The van der Waals surface area contributed by atoms with E-state index in [9.17, 15) is 0 Å². The highest BCUT2D eigenvalue weighted by Gasteiger charge is 2.32. The number of fused-ring (bicyclic) bond motifs is 8. The van der Waals surface area contributed by atoms with Crippen molar-refractivity contribution in [3.05, 3.63) is 150 Å². The van der Waals surface area contributed by atoms with E-state index in [2.05, 4.69) is 153 Å². The van der Waals surface area contributed by atoms with Crippen LogP contribution in [0.4, 0.5) is 0 Å². The maximum absolute atomic E-state index is 2.45. The Morgan fingerprint density at radius 1 is 0.571 bits per heavy atom. The summed E-state index contributed by atoms with van der Waals surface area (Å²) in [4.78, 5) is 0. The van der Waals surface area contributed by atoms with Crippen LogP contribution < -0.4 is 0 Å². The molecule has 7 aromatic rings. The second-order valence-corrected chi connectivity index (χ2v) is 12.9. The first-order chi connectivity index (χ1) is 20.5. The average Bonchev–Trinajstić information content (AvgIpc) is 3.52. The molecule has 0 N–H and O–H groups in total. The number of hydrogen-bond donors (Lipinski definition) is 0. The summed E-state index contributed by atoms with van der Waals surface area (Å²) < 4.78 is 2.45. The fourth-order valence-electron chi connectivity index (χ4n) is 7.57. The monoisotopic (exact) mass is 541 g/mol. The molecule has 0 saturated heterocycles. The van der Waals surface area contributed by atoms with Crippen molar-refractivity contribution in [3.8, 4) is 16.8 Å². The van der Waals surface area contributed by atoms with E-state index >= 15 is 0 Å². The molecule has 0 spiro atoms. The first-order valence-corrected chi connectivity index (χ1v) is 15.2. The van der Waals surface area contributed by atoms with Gasteiger partial charge in [-0.2, -0.15) is 0 Å². The molecule has 0 saturated carbocycles. The van der Waals surface area contributed by atoms with Crippen molar-refractivity contribution in [2.24, 2.45) is 0 Å². The third-order valence-electron chi connectivity index (χ3n) is 9.39. The molecule has 1 aromatic heterocycles. The number of hydrogen-bond acceptors (Lipinski definition) is 0. The molecule has 6 aromatic carbocycles. The summed E-state index contributed by atoms with van der Waals surface area (Å²) in [6, 6.07) is 47.4. The van der Waals surface area contributed by atoms with Crippen LogP contribution >= 0.6 is 0 Å². The maximum Gasteiger partial charge on any atom is 0.0544 e. The fraction of sp³-hybridized carbons (Fsp3) is 0.171. The topological polar surface area (TPSA) is 4.93 Å². The summed E-state index contributed by atoms with van der Waals surface area (Å²) >= 11 is 0. The molecule has 204 valence electrons. The molecule has 1 aliphatic carbocycles. The van der Waals surface area contributed by atoms with E-state index in [1.807, 2.05) is 0 Å². The van der Waals surface area contributed by atoms with Gasteiger partial charge in [0.15, 0.2) is 0 Å². The van der Waals surface area contributed by atoms with Crippen LogP contribution in [0.2, 0.25) is 0 Å². The molecule has 1 atom stereocenters. The SMILES string of the molecule is CC(C)(C)c1ccc(CCC2c3ccccc3-c3ccc4c(c32)c2ccccc2n4-c2ccccc2)c2ccccc12. The van der Waals surface area contributed by atoms with E-state index in [0.717, 1.165) is 12.8 Å². The van der Waals surface area contributed by atoms with Crippen molar-refractivity contribution < 1.29 is 0 Å². The number of aromatic nitrogens is 1. The summed E-state index contributed by atoms with van der Waals surface area (Å²) in [5.41, 5.74) is 12.5. The summed E-state index contributed by atoms with van der Waals surface area (Å²) in [5.74, 6) is 0.344. The molecular weight excluding hydrogens is 506 g/mol. The Kier molecular flexibility index (Phi) is 5.66. The highest BCUT2D eigenvalue weighted by Crippen LogP contribution is 2.52. The molecule has 0 radical (unpaired) electrons.